The number of nitrogens with zero attached hydrogens (tertiary/aromatic N) is 3. The van der Waals surface area contributed by atoms with Gasteiger partial charge in [0.15, 0.2) is 0 Å². The van der Waals surface area contributed by atoms with E-state index in [1.807, 2.05) is 41.2 Å². The third-order valence-electron chi connectivity index (χ3n) is 5.09. The monoisotopic (exact) mass is 299 g/mol. The summed E-state index contributed by atoms with van der Waals surface area (Å²) in [7, 11) is 2.14. The van der Waals surface area contributed by atoms with Crippen LogP contribution in [0.2, 0.25) is 0 Å². The quantitative estimate of drug-likeness (QED) is 0.914. The molecule has 2 fully saturated rings. The molecule has 116 valence electrons. The molecule has 1 aromatic carbocycles. The summed E-state index contributed by atoms with van der Waals surface area (Å²) in [5.74, 6) is 0. The van der Waals surface area contributed by atoms with Gasteiger partial charge in [0.05, 0.1) is 24.5 Å². The number of aromatic nitrogens is 2. The third kappa shape index (κ3) is 2.26. The Morgan fingerprint density at radius 3 is 2.45 bits per heavy atom. The van der Waals surface area contributed by atoms with Crippen LogP contribution in [0.25, 0.3) is 5.69 Å². The Kier molecular flexibility index (Phi) is 3.29. The van der Waals surface area contributed by atoms with Crippen LogP contribution in [0.15, 0.2) is 42.7 Å². The maximum Gasteiger partial charge on any atom is 0.0928 e. The number of benzene rings is 1. The number of likely N-dealkylation sites (N-methyl/N-ethyl adjacent to an activating group) is 1. The van der Waals surface area contributed by atoms with Crippen LogP contribution >= 0.6 is 0 Å². The minimum atomic E-state index is -0.756. The van der Waals surface area contributed by atoms with Gasteiger partial charge in [0.1, 0.15) is 0 Å². The molecule has 2 aliphatic rings. The average molecular weight is 299 g/mol. The standard InChI is InChI=1S/C17H21N3O2/c1-19-15-9-17(21,10-16(19)12-22-11-15)13-3-5-14(6-4-13)20-8-2-7-18-20/h2-8,15-16,21H,9-12H2,1H3. The molecule has 2 saturated heterocycles. The van der Waals surface area contributed by atoms with Gasteiger partial charge < -0.3 is 9.84 Å². The molecular weight excluding hydrogens is 278 g/mol. The minimum Gasteiger partial charge on any atom is -0.385 e. The normalized spacial score (nSPS) is 32.1. The van der Waals surface area contributed by atoms with Gasteiger partial charge in [0.25, 0.3) is 0 Å². The van der Waals surface area contributed by atoms with Gasteiger partial charge in [-0.15, -0.1) is 0 Å². The van der Waals surface area contributed by atoms with E-state index in [9.17, 15) is 5.11 Å². The van der Waals surface area contributed by atoms with Crippen LogP contribution in [-0.4, -0.2) is 52.1 Å². The van der Waals surface area contributed by atoms with E-state index < -0.39 is 5.60 Å². The number of hydrogen-bond donors (Lipinski definition) is 1. The highest BCUT2D eigenvalue weighted by Gasteiger charge is 2.45. The van der Waals surface area contributed by atoms with E-state index in [1.165, 1.54) is 0 Å². The topological polar surface area (TPSA) is 50.5 Å². The molecule has 0 spiro atoms. The summed E-state index contributed by atoms with van der Waals surface area (Å²) < 4.78 is 7.46. The van der Waals surface area contributed by atoms with Crippen molar-refractivity contribution in [1.82, 2.24) is 14.7 Å². The molecule has 5 heteroatoms. The van der Waals surface area contributed by atoms with Crippen LogP contribution in [0, 0.1) is 0 Å². The van der Waals surface area contributed by atoms with E-state index in [2.05, 4.69) is 17.0 Å². The van der Waals surface area contributed by atoms with Gasteiger partial charge in [0.2, 0.25) is 0 Å². The summed E-state index contributed by atoms with van der Waals surface area (Å²) in [5.41, 5.74) is 1.25. The highest BCUT2D eigenvalue weighted by atomic mass is 16.5. The Bertz CT molecular complexity index is 624. The lowest BCUT2D eigenvalue weighted by molar-refractivity contribution is -0.137. The fourth-order valence-corrected chi connectivity index (χ4v) is 3.72. The number of rotatable bonds is 2. The summed E-state index contributed by atoms with van der Waals surface area (Å²) in [4.78, 5) is 2.36. The molecule has 2 aromatic rings. The van der Waals surface area contributed by atoms with Crippen molar-refractivity contribution in [3.05, 3.63) is 48.3 Å². The Hall–Kier alpha value is -1.69. The van der Waals surface area contributed by atoms with Crippen LogP contribution < -0.4 is 0 Å². The van der Waals surface area contributed by atoms with Crippen molar-refractivity contribution in [2.24, 2.45) is 0 Å². The van der Waals surface area contributed by atoms with E-state index in [1.54, 1.807) is 6.20 Å². The van der Waals surface area contributed by atoms with Crippen LogP contribution in [0.5, 0.6) is 0 Å². The molecule has 1 N–H and O–H groups in total. The molecule has 22 heavy (non-hydrogen) atoms. The van der Waals surface area contributed by atoms with Gasteiger partial charge in [-0.2, -0.15) is 5.10 Å². The molecule has 2 atom stereocenters. The van der Waals surface area contributed by atoms with Gasteiger partial charge in [-0.3, -0.25) is 4.90 Å². The first kappa shape index (κ1) is 13.9. The second-order valence-corrected chi connectivity index (χ2v) is 6.45. The van der Waals surface area contributed by atoms with Gasteiger partial charge in [0, 0.05) is 24.5 Å². The van der Waals surface area contributed by atoms with E-state index >= 15 is 0 Å². The van der Waals surface area contributed by atoms with Crippen molar-refractivity contribution >= 4 is 0 Å². The maximum atomic E-state index is 11.2. The van der Waals surface area contributed by atoms with Crippen molar-refractivity contribution < 1.29 is 9.84 Å². The molecule has 0 saturated carbocycles. The fourth-order valence-electron chi connectivity index (χ4n) is 3.72. The molecule has 0 radical (unpaired) electrons. The lowest BCUT2D eigenvalue weighted by Gasteiger charge is -2.50. The lowest BCUT2D eigenvalue weighted by atomic mass is 9.77. The van der Waals surface area contributed by atoms with Crippen LogP contribution in [-0.2, 0) is 10.3 Å². The van der Waals surface area contributed by atoms with E-state index in [4.69, 9.17) is 4.74 Å². The fraction of sp³-hybridized carbons (Fsp3) is 0.471. The van der Waals surface area contributed by atoms with Gasteiger partial charge in [-0.05, 0) is 43.7 Å². The van der Waals surface area contributed by atoms with Crippen molar-refractivity contribution in [3.8, 4) is 5.69 Å². The number of hydrogen-bond acceptors (Lipinski definition) is 4. The summed E-state index contributed by atoms with van der Waals surface area (Å²) >= 11 is 0. The number of fused-ring (bicyclic) bond motifs is 2. The Morgan fingerprint density at radius 1 is 1.18 bits per heavy atom. The third-order valence-corrected chi connectivity index (χ3v) is 5.09. The smallest absolute Gasteiger partial charge is 0.0928 e. The zero-order valence-electron chi connectivity index (χ0n) is 12.7. The molecular formula is C17H21N3O2. The van der Waals surface area contributed by atoms with Gasteiger partial charge in [-0.25, -0.2) is 4.68 Å². The molecule has 0 amide bonds. The van der Waals surface area contributed by atoms with E-state index in [0.717, 1.165) is 24.1 Å². The lowest BCUT2D eigenvalue weighted by Crippen LogP contribution is -2.59. The maximum absolute atomic E-state index is 11.2. The van der Waals surface area contributed by atoms with Gasteiger partial charge in [-0.1, -0.05) is 12.1 Å². The van der Waals surface area contributed by atoms with Gasteiger partial charge >= 0.3 is 0 Å². The molecule has 2 bridgehead atoms. The largest absolute Gasteiger partial charge is 0.385 e. The Morgan fingerprint density at radius 2 is 1.86 bits per heavy atom. The molecule has 1 aromatic heterocycles. The SMILES string of the molecule is CN1C2COCC1CC(O)(c1ccc(-n3cccn3)cc1)C2. The number of piperidine rings is 1. The zero-order chi connectivity index (χ0) is 15.2. The average Bonchev–Trinajstić information content (AvgIpc) is 3.04. The first-order valence-corrected chi connectivity index (χ1v) is 7.78. The Balaban J connectivity index is 1.61. The summed E-state index contributed by atoms with van der Waals surface area (Å²) in [6.07, 6.45) is 5.13. The van der Waals surface area contributed by atoms with Crippen molar-refractivity contribution in [2.75, 3.05) is 20.3 Å². The molecule has 2 unspecified atom stereocenters. The number of morpholine rings is 1. The number of aliphatic hydroxyl groups is 1. The summed E-state index contributed by atoms with van der Waals surface area (Å²) in [6.45, 7) is 1.42. The molecule has 2 aliphatic heterocycles. The predicted molar refractivity (Wildman–Crippen MR) is 82.9 cm³/mol. The van der Waals surface area contributed by atoms with Crippen LogP contribution in [0.3, 0.4) is 0 Å². The van der Waals surface area contributed by atoms with Crippen molar-refractivity contribution in [2.45, 2.75) is 30.5 Å². The summed E-state index contributed by atoms with van der Waals surface area (Å²) in [6, 6.07) is 10.6. The summed E-state index contributed by atoms with van der Waals surface area (Å²) in [5, 5.41) is 15.4. The molecule has 5 nitrogen and oxygen atoms in total. The first-order chi connectivity index (χ1) is 10.7. The molecule has 0 aliphatic carbocycles. The zero-order valence-corrected chi connectivity index (χ0v) is 12.7. The van der Waals surface area contributed by atoms with Crippen molar-refractivity contribution in [1.29, 1.82) is 0 Å². The van der Waals surface area contributed by atoms with E-state index in [0.29, 0.717) is 25.3 Å². The second kappa shape index (κ2) is 5.19. The molecule has 3 heterocycles. The van der Waals surface area contributed by atoms with Crippen LogP contribution in [0.1, 0.15) is 18.4 Å². The highest BCUT2D eigenvalue weighted by molar-refractivity contribution is 5.36. The van der Waals surface area contributed by atoms with Crippen molar-refractivity contribution in [3.63, 3.8) is 0 Å². The highest BCUT2D eigenvalue weighted by Crippen LogP contribution is 2.40. The van der Waals surface area contributed by atoms with E-state index in [-0.39, 0.29) is 0 Å². The Labute approximate surface area is 130 Å². The molecule has 4 rings (SSSR count). The van der Waals surface area contributed by atoms with Crippen LogP contribution in [0.4, 0.5) is 0 Å². The predicted octanol–water partition coefficient (Wildman–Crippen LogP) is 1.55. The number of ether oxygens (including phenoxy) is 1. The second-order valence-electron chi connectivity index (χ2n) is 6.45. The minimum absolute atomic E-state index is 0.295. The first-order valence-electron chi connectivity index (χ1n) is 7.78.